The maximum atomic E-state index is 10.8. The van der Waals surface area contributed by atoms with E-state index in [0.29, 0.717) is 16.3 Å². The van der Waals surface area contributed by atoms with Crippen LogP contribution in [0.15, 0.2) is 42.5 Å². The monoisotopic (exact) mass is 306 g/mol. The minimum absolute atomic E-state index is 0.0765. The molecule has 0 aliphatic carbocycles. The number of halogens is 1. The van der Waals surface area contributed by atoms with Crippen LogP contribution in [-0.2, 0) is 0 Å². The average Bonchev–Trinajstić information content (AvgIpc) is 2.45. The molecule has 110 valence electrons. The number of nitro benzene ring substituents is 1. The van der Waals surface area contributed by atoms with Gasteiger partial charge in [0.25, 0.3) is 5.69 Å². The first-order valence-electron chi connectivity index (χ1n) is 6.39. The quantitative estimate of drug-likeness (QED) is 0.652. The molecule has 2 rings (SSSR count). The molecule has 2 aromatic carbocycles. The molecular formula is C15H15ClN2O3. The second-order valence-electron chi connectivity index (χ2n) is 4.69. The summed E-state index contributed by atoms with van der Waals surface area (Å²) in [6.45, 7) is 1.58. The first kappa shape index (κ1) is 15.3. The third-order valence-electron chi connectivity index (χ3n) is 3.19. The molecule has 2 aromatic rings. The normalized spacial score (nSPS) is 12.0. The minimum Gasteiger partial charge on any atom is -0.394 e. The van der Waals surface area contributed by atoms with Crippen molar-refractivity contribution in [1.82, 2.24) is 0 Å². The highest BCUT2D eigenvalue weighted by atomic mass is 35.5. The van der Waals surface area contributed by atoms with Crippen molar-refractivity contribution >= 4 is 23.0 Å². The van der Waals surface area contributed by atoms with E-state index in [1.54, 1.807) is 31.2 Å². The molecule has 0 aliphatic heterocycles. The van der Waals surface area contributed by atoms with Crippen LogP contribution < -0.4 is 5.32 Å². The zero-order chi connectivity index (χ0) is 15.4. The fourth-order valence-electron chi connectivity index (χ4n) is 2.08. The van der Waals surface area contributed by atoms with Crippen LogP contribution in [0.4, 0.5) is 11.4 Å². The molecule has 21 heavy (non-hydrogen) atoms. The van der Waals surface area contributed by atoms with E-state index < -0.39 is 4.92 Å². The predicted octanol–water partition coefficient (Wildman–Crippen LogP) is 3.70. The summed E-state index contributed by atoms with van der Waals surface area (Å²) in [4.78, 5) is 10.4. The lowest BCUT2D eigenvalue weighted by Crippen LogP contribution is -2.14. The first-order chi connectivity index (χ1) is 10.0. The molecule has 1 atom stereocenters. The van der Waals surface area contributed by atoms with Crippen LogP contribution in [0.3, 0.4) is 0 Å². The molecule has 0 aliphatic rings. The fourth-order valence-corrected chi connectivity index (χ4v) is 2.21. The highest BCUT2D eigenvalue weighted by Gasteiger charge is 2.13. The van der Waals surface area contributed by atoms with Crippen molar-refractivity contribution < 1.29 is 10.0 Å². The van der Waals surface area contributed by atoms with Crippen LogP contribution in [0, 0.1) is 17.0 Å². The molecule has 0 saturated heterocycles. The van der Waals surface area contributed by atoms with Gasteiger partial charge in [-0.1, -0.05) is 23.7 Å². The molecule has 5 nitrogen and oxygen atoms in total. The van der Waals surface area contributed by atoms with Crippen molar-refractivity contribution in [3.05, 3.63) is 68.7 Å². The second kappa shape index (κ2) is 6.56. The molecule has 1 unspecified atom stereocenters. The number of anilines is 1. The summed E-state index contributed by atoms with van der Waals surface area (Å²) in [6.07, 6.45) is 0. The Kier molecular flexibility index (Phi) is 4.77. The highest BCUT2D eigenvalue weighted by Crippen LogP contribution is 2.25. The van der Waals surface area contributed by atoms with E-state index in [-0.39, 0.29) is 18.3 Å². The molecule has 0 heterocycles. The van der Waals surface area contributed by atoms with Crippen LogP contribution in [0.1, 0.15) is 17.2 Å². The molecule has 0 spiro atoms. The molecule has 0 amide bonds. The van der Waals surface area contributed by atoms with Gasteiger partial charge in [-0.05, 0) is 36.8 Å². The number of hydrogen-bond donors (Lipinski definition) is 2. The Morgan fingerprint density at radius 3 is 2.48 bits per heavy atom. The van der Waals surface area contributed by atoms with E-state index in [0.717, 1.165) is 5.56 Å². The van der Waals surface area contributed by atoms with E-state index in [1.165, 1.54) is 6.07 Å². The maximum Gasteiger partial charge on any atom is 0.272 e. The number of aliphatic hydroxyl groups excluding tert-OH is 1. The Bertz CT molecular complexity index is 644. The number of nitrogens with one attached hydrogen (secondary N) is 1. The van der Waals surface area contributed by atoms with Gasteiger partial charge in [-0.15, -0.1) is 0 Å². The standard InChI is InChI=1S/C15H15ClN2O3/c1-10-8-13(6-7-15(10)18(20)21)17-14(9-19)11-2-4-12(16)5-3-11/h2-8,14,17,19H,9H2,1H3. The van der Waals surface area contributed by atoms with Gasteiger partial charge in [0.05, 0.1) is 17.6 Å². The van der Waals surface area contributed by atoms with E-state index in [4.69, 9.17) is 11.6 Å². The second-order valence-corrected chi connectivity index (χ2v) is 5.13. The number of aliphatic hydroxyl groups is 1. The van der Waals surface area contributed by atoms with Crippen molar-refractivity contribution in [2.24, 2.45) is 0 Å². The summed E-state index contributed by atoms with van der Waals surface area (Å²) in [6, 6.07) is 11.6. The zero-order valence-electron chi connectivity index (χ0n) is 11.4. The van der Waals surface area contributed by atoms with Gasteiger partial charge in [0.1, 0.15) is 0 Å². The Hall–Kier alpha value is -2.11. The zero-order valence-corrected chi connectivity index (χ0v) is 12.2. The maximum absolute atomic E-state index is 10.8. The Balaban J connectivity index is 2.20. The lowest BCUT2D eigenvalue weighted by molar-refractivity contribution is -0.385. The lowest BCUT2D eigenvalue weighted by Gasteiger charge is -2.18. The summed E-state index contributed by atoms with van der Waals surface area (Å²) in [5, 5.41) is 24.1. The third-order valence-corrected chi connectivity index (χ3v) is 3.44. The lowest BCUT2D eigenvalue weighted by atomic mass is 10.1. The smallest absolute Gasteiger partial charge is 0.272 e. The van der Waals surface area contributed by atoms with Gasteiger partial charge in [0.2, 0.25) is 0 Å². The molecule has 6 heteroatoms. The Labute approximate surface area is 127 Å². The topological polar surface area (TPSA) is 75.4 Å². The number of aryl methyl sites for hydroxylation is 1. The molecule has 0 aromatic heterocycles. The van der Waals surface area contributed by atoms with Crippen LogP contribution >= 0.6 is 11.6 Å². The molecular weight excluding hydrogens is 292 g/mol. The third kappa shape index (κ3) is 3.71. The predicted molar refractivity (Wildman–Crippen MR) is 82.7 cm³/mol. The molecule has 0 bridgehead atoms. The van der Waals surface area contributed by atoms with Crippen molar-refractivity contribution in [2.75, 3.05) is 11.9 Å². The van der Waals surface area contributed by atoms with Crippen LogP contribution in [-0.4, -0.2) is 16.6 Å². The van der Waals surface area contributed by atoms with E-state index in [9.17, 15) is 15.2 Å². The highest BCUT2D eigenvalue weighted by molar-refractivity contribution is 6.30. The van der Waals surface area contributed by atoms with E-state index >= 15 is 0 Å². The summed E-state index contributed by atoms with van der Waals surface area (Å²) in [5.74, 6) is 0. The van der Waals surface area contributed by atoms with E-state index in [2.05, 4.69) is 5.32 Å². The van der Waals surface area contributed by atoms with Crippen molar-refractivity contribution in [2.45, 2.75) is 13.0 Å². The van der Waals surface area contributed by atoms with Gasteiger partial charge in [-0.25, -0.2) is 0 Å². The van der Waals surface area contributed by atoms with Crippen LogP contribution in [0.5, 0.6) is 0 Å². The summed E-state index contributed by atoms with van der Waals surface area (Å²) >= 11 is 5.84. The Morgan fingerprint density at radius 2 is 1.95 bits per heavy atom. The van der Waals surface area contributed by atoms with Gasteiger partial charge < -0.3 is 10.4 Å². The van der Waals surface area contributed by atoms with Gasteiger partial charge >= 0.3 is 0 Å². The molecule has 0 radical (unpaired) electrons. The summed E-state index contributed by atoms with van der Waals surface area (Å²) in [7, 11) is 0. The minimum atomic E-state index is -0.415. The fraction of sp³-hybridized carbons (Fsp3) is 0.200. The summed E-state index contributed by atoms with van der Waals surface area (Å²) in [5.41, 5.74) is 2.25. The van der Waals surface area contributed by atoms with Gasteiger partial charge in [-0.2, -0.15) is 0 Å². The average molecular weight is 307 g/mol. The first-order valence-corrected chi connectivity index (χ1v) is 6.77. The van der Waals surface area contributed by atoms with E-state index in [1.807, 2.05) is 12.1 Å². The summed E-state index contributed by atoms with van der Waals surface area (Å²) < 4.78 is 0. The Morgan fingerprint density at radius 1 is 1.29 bits per heavy atom. The van der Waals surface area contributed by atoms with Crippen LogP contribution in [0.25, 0.3) is 0 Å². The number of benzene rings is 2. The van der Waals surface area contributed by atoms with Gasteiger partial charge in [0, 0.05) is 22.3 Å². The molecule has 2 N–H and O–H groups in total. The van der Waals surface area contributed by atoms with Crippen molar-refractivity contribution in [3.8, 4) is 0 Å². The van der Waals surface area contributed by atoms with Crippen molar-refractivity contribution in [3.63, 3.8) is 0 Å². The molecule has 0 fully saturated rings. The van der Waals surface area contributed by atoms with Crippen LogP contribution in [0.2, 0.25) is 5.02 Å². The SMILES string of the molecule is Cc1cc(NC(CO)c2ccc(Cl)cc2)ccc1[N+](=O)[O-]. The number of hydrogen-bond acceptors (Lipinski definition) is 4. The number of rotatable bonds is 5. The van der Waals surface area contributed by atoms with Gasteiger partial charge in [0.15, 0.2) is 0 Å². The largest absolute Gasteiger partial charge is 0.394 e. The number of nitro groups is 1. The molecule has 0 saturated carbocycles. The van der Waals surface area contributed by atoms with Crippen molar-refractivity contribution in [1.29, 1.82) is 0 Å². The van der Waals surface area contributed by atoms with Gasteiger partial charge in [-0.3, -0.25) is 10.1 Å². The number of nitrogens with zero attached hydrogens (tertiary/aromatic N) is 1.